The number of nitrogens with one attached hydrogen (secondary N) is 1. The average molecular weight is 255 g/mol. The Bertz CT molecular complexity index is 286. The Morgan fingerprint density at radius 3 is 2.44 bits per heavy atom. The molecule has 104 valence electrons. The van der Waals surface area contributed by atoms with Crippen molar-refractivity contribution >= 4 is 11.8 Å². The van der Waals surface area contributed by atoms with Gasteiger partial charge in [0.25, 0.3) is 0 Å². The van der Waals surface area contributed by atoms with Crippen molar-refractivity contribution in [1.82, 2.24) is 15.1 Å². The molecule has 1 unspecified atom stereocenters. The number of likely N-dealkylation sites (N-methyl/N-ethyl adjacent to an activating group) is 2. The molecule has 0 aliphatic carbocycles. The van der Waals surface area contributed by atoms with Gasteiger partial charge in [-0.2, -0.15) is 0 Å². The maximum absolute atomic E-state index is 12.1. The zero-order valence-electron chi connectivity index (χ0n) is 11.7. The molecule has 0 bridgehead atoms. The highest BCUT2D eigenvalue weighted by Gasteiger charge is 2.21. The van der Waals surface area contributed by atoms with E-state index in [9.17, 15) is 9.59 Å². The van der Waals surface area contributed by atoms with Crippen molar-refractivity contribution in [3.63, 3.8) is 0 Å². The molecule has 1 heterocycles. The van der Waals surface area contributed by atoms with Crippen molar-refractivity contribution in [2.45, 2.75) is 38.6 Å². The van der Waals surface area contributed by atoms with E-state index < -0.39 is 0 Å². The first-order valence-corrected chi connectivity index (χ1v) is 6.76. The molecule has 1 atom stereocenters. The summed E-state index contributed by atoms with van der Waals surface area (Å²) in [5.41, 5.74) is 0. The first-order chi connectivity index (χ1) is 8.54. The summed E-state index contributed by atoms with van der Waals surface area (Å²) in [7, 11) is 3.42. The molecule has 0 saturated carbocycles. The predicted octanol–water partition coefficient (Wildman–Crippen LogP) is 0.455. The Kier molecular flexibility index (Phi) is 6.12. The third kappa shape index (κ3) is 4.64. The van der Waals surface area contributed by atoms with Crippen LogP contribution in [0.1, 0.15) is 32.6 Å². The van der Waals surface area contributed by atoms with Crippen LogP contribution in [0.2, 0.25) is 0 Å². The quantitative estimate of drug-likeness (QED) is 0.776. The number of piperidine rings is 1. The highest BCUT2D eigenvalue weighted by Crippen LogP contribution is 2.11. The number of nitrogens with zero attached hydrogens (tertiary/aromatic N) is 2. The molecule has 18 heavy (non-hydrogen) atoms. The second-order valence-corrected chi connectivity index (χ2v) is 5.05. The van der Waals surface area contributed by atoms with Crippen LogP contribution in [0.5, 0.6) is 0 Å². The largest absolute Gasteiger partial charge is 0.347 e. The third-order valence-electron chi connectivity index (χ3n) is 3.39. The first kappa shape index (κ1) is 15.0. The van der Waals surface area contributed by atoms with Gasteiger partial charge in [-0.05, 0) is 26.3 Å². The molecule has 1 aliphatic rings. The molecule has 1 rings (SSSR count). The van der Waals surface area contributed by atoms with Crippen LogP contribution in [-0.2, 0) is 9.59 Å². The minimum atomic E-state index is -0.0261. The van der Waals surface area contributed by atoms with Crippen molar-refractivity contribution in [1.29, 1.82) is 0 Å². The minimum Gasteiger partial charge on any atom is -0.347 e. The third-order valence-corrected chi connectivity index (χ3v) is 3.39. The maximum Gasteiger partial charge on any atom is 0.241 e. The van der Waals surface area contributed by atoms with E-state index in [-0.39, 0.29) is 24.4 Å². The summed E-state index contributed by atoms with van der Waals surface area (Å²) in [4.78, 5) is 26.9. The van der Waals surface area contributed by atoms with E-state index >= 15 is 0 Å². The Morgan fingerprint density at radius 2 is 1.94 bits per heavy atom. The van der Waals surface area contributed by atoms with E-state index in [1.165, 1.54) is 17.7 Å². The molecule has 1 aliphatic heterocycles. The number of amides is 2. The Balaban J connectivity index is 2.43. The van der Waals surface area contributed by atoms with Gasteiger partial charge in [-0.25, -0.2) is 0 Å². The fourth-order valence-electron chi connectivity index (χ4n) is 2.12. The molecule has 0 aromatic carbocycles. The normalized spacial score (nSPS) is 19.4. The molecule has 0 spiro atoms. The van der Waals surface area contributed by atoms with E-state index in [4.69, 9.17) is 0 Å². The van der Waals surface area contributed by atoms with Gasteiger partial charge >= 0.3 is 0 Å². The second-order valence-electron chi connectivity index (χ2n) is 5.05. The fourth-order valence-corrected chi connectivity index (χ4v) is 2.12. The SMILES string of the molecule is CCN(CC(=O)N(C)C)C(=O)CC1CCCCN1. The summed E-state index contributed by atoms with van der Waals surface area (Å²) in [5.74, 6) is 0.0499. The summed E-state index contributed by atoms with van der Waals surface area (Å²) in [5, 5.41) is 3.36. The maximum atomic E-state index is 12.1. The van der Waals surface area contributed by atoms with Crippen LogP contribution in [-0.4, -0.2) is 61.4 Å². The topological polar surface area (TPSA) is 52.7 Å². The van der Waals surface area contributed by atoms with Crippen LogP contribution in [0.4, 0.5) is 0 Å². The lowest BCUT2D eigenvalue weighted by Crippen LogP contribution is -2.44. The van der Waals surface area contributed by atoms with Crippen molar-refractivity contribution in [2.24, 2.45) is 0 Å². The lowest BCUT2D eigenvalue weighted by molar-refractivity contribution is -0.139. The Hall–Kier alpha value is -1.10. The first-order valence-electron chi connectivity index (χ1n) is 6.76. The molecular formula is C13H25N3O2. The summed E-state index contributed by atoms with van der Waals surface area (Å²) in [6, 6.07) is 0.287. The number of hydrogen-bond donors (Lipinski definition) is 1. The predicted molar refractivity (Wildman–Crippen MR) is 71.2 cm³/mol. The average Bonchev–Trinajstić information content (AvgIpc) is 2.36. The van der Waals surface area contributed by atoms with Gasteiger partial charge in [-0.3, -0.25) is 9.59 Å². The van der Waals surface area contributed by atoms with E-state index in [1.54, 1.807) is 19.0 Å². The lowest BCUT2D eigenvalue weighted by atomic mass is 10.0. The van der Waals surface area contributed by atoms with Gasteiger partial charge < -0.3 is 15.1 Å². The van der Waals surface area contributed by atoms with Crippen LogP contribution >= 0.6 is 0 Å². The van der Waals surface area contributed by atoms with Gasteiger partial charge in [-0.15, -0.1) is 0 Å². The summed E-state index contributed by atoms with van der Waals surface area (Å²) < 4.78 is 0. The number of rotatable bonds is 5. The van der Waals surface area contributed by atoms with Gasteiger partial charge in [0.05, 0.1) is 6.54 Å². The standard InChI is InChI=1S/C13H25N3O2/c1-4-16(10-13(18)15(2)3)12(17)9-11-7-5-6-8-14-11/h11,14H,4-10H2,1-3H3. The van der Waals surface area contributed by atoms with Crippen LogP contribution in [0.15, 0.2) is 0 Å². The van der Waals surface area contributed by atoms with E-state index in [0.717, 1.165) is 13.0 Å². The second kappa shape index (κ2) is 7.36. The number of hydrogen-bond acceptors (Lipinski definition) is 3. The van der Waals surface area contributed by atoms with Crippen LogP contribution in [0, 0.1) is 0 Å². The zero-order valence-corrected chi connectivity index (χ0v) is 11.7. The van der Waals surface area contributed by atoms with E-state index in [2.05, 4.69) is 5.32 Å². The van der Waals surface area contributed by atoms with Crippen molar-refractivity contribution in [3.05, 3.63) is 0 Å². The Morgan fingerprint density at radius 1 is 1.22 bits per heavy atom. The van der Waals surface area contributed by atoms with Crippen molar-refractivity contribution in [2.75, 3.05) is 33.7 Å². The highest BCUT2D eigenvalue weighted by molar-refractivity contribution is 5.84. The molecule has 0 aromatic rings. The molecule has 1 fully saturated rings. The summed E-state index contributed by atoms with van der Waals surface area (Å²) >= 11 is 0. The summed E-state index contributed by atoms with van der Waals surface area (Å²) in [6.07, 6.45) is 3.95. The minimum absolute atomic E-state index is 0.0261. The highest BCUT2D eigenvalue weighted by atomic mass is 16.2. The summed E-state index contributed by atoms with van der Waals surface area (Å²) in [6.45, 7) is 3.69. The molecule has 2 amide bonds. The Labute approximate surface area is 110 Å². The van der Waals surface area contributed by atoms with Crippen LogP contribution in [0.3, 0.4) is 0 Å². The van der Waals surface area contributed by atoms with Gasteiger partial charge in [-0.1, -0.05) is 6.42 Å². The zero-order chi connectivity index (χ0) is 13.5. The van der Waals surface area contributed by atoms with Gasteiger partial charge in [0.1, 0.15) is 0 Å². The number of carbonyl (C=O) groups excluding carboxylic acids is 2. The smallest absolute Gasteiger partial charge is 0.241 e. The van der Waals surface area contributed by atoms with Crippen molar-refractivity contribution < 1.29 is 9.59 Å². The molecule has 5 nitrogen and oxygen atoms in total. The molecule has 1 saturated heterocycles. The monoisotopic (exact) mass is 255 g/mol. The van der Waals surface area contributed by atoms with Gasteiger partial charge in [0.15, 0.2) is 0 Å². The number of carbonyl (C=O) groups is 2. The molecule has 0 radical (unpaired) electrons. The lowest BCUT2D eigenvalue weighted by Gasteiger charge is -2.27. The van der Waals surface area contributed by atoms with Crippen LogP contribution < -0.4 is 5.32 Å². The van der Waals surface area contributed by atoms with Crippen molar-refractivity contribution in [3.8, 4) is 0 Å². The molecule has 5 heteroatoms. The van der Waals surface area contributed by atoms with Crippen LogP contribution in [0.25, 0.3) is 0 Å². The van der Waals surface area contributed by atoms with E-state index in [1.807, 2.05) is 6.92 Å². The molecule has 0 aromatic heterocycles. The molecule has 1 N–H and O–H groups in total. The van der Waals surface area contributed by atoms with E-state index in [0.29, 0.717) is 13.0 Å². The molecular weight excluding hydrogens is 230 g/mol. The van der Waals surface area contributed by atoms with Gasteiger partial charge in [0, 0.05) is 33.1 Å². The fraction of sp³-hybridized carbons (Fsp3) is 0.846. The van der Waals surface area contributed by atoms with Gasteiger partial charge in [0.2, 0.25) is 11.8 Å².